The molecule has 1 heterocycles. The number of thioether (sulfide) groups is 1. The molecule has 0 spiro atoms. The highest BCUT2D eigenvalue weighted by atomic mass is 32.2. The summed E-state index contributed by atoms with van der Waals surface area (Å²) in [5, 5.41) is 16.5. The maximum Gasteiger partial charge on any atom is 0.407 e. The van der Waals surface area contributed by atoms with Crippen LogP contribution in [0.3, 0.4) is 0 Å². The quantitative estimate of drug-likeness (QED) is 0.570. The van der Waals surface area contributed by atoms with Crippen LogP contribution in [0.1, 0.15) is 47.1 Å². The van der Waals surface area contributed by atoms with Crippen molar-refractivity contribution in [2.24, 2.45) is 0 Å². The van der Waals surface area contributed by atoms with Crippen molar-refractivity contribution in [3.63, 3.8) is 0 Å². The van der Waals surface area contributed by atoms with E-state index in [0.29, 0.717) is 6.54 Å². The van der Waals surface area contributed by atoms with Gasteiger partial charge in [0, 0.05) is 11.3 Å². The summed E-state index contributed by atoms with van der Waals surface area (Å²) < 4.78 is 4.82. The van der Waals surface area contributed by atoms with Gasteiger partial charge in [0.15, 0.2) is 6.10 Å². The Balaban J connectivity index is 2.26. The molecule has 8 nitrogen and oxygen atoms in total. The molecule has 0 unspecified atom stereocenters. The fourth-order valence-corrected chi connectivity index (χ4v) is 4.73. The van der Waals surface area contributed by atoms with Gasteiger partial charge in [-0.1, -0.05) is 30.3 Å². The van der Waals surface area contributed by atoms with E-state index in [1.807, 2.05) is 51.1 Å². The number of carbonyl (C=O) groups excluding carboxylic acids is 3. The van der Waals surface area contributed by atoms with E-state index in [4.69, 9.17) is 4.74 Å². The first kappa shape index (κ1) is 26.0. The number of ether oxygens (including phenoxy) is 1. The lowest BCUT2D eigenvalue weighted by Gasteiger charge is -2.33. The zero-order valence-corrected chi connectivity index (χ0v) is 20.5. The molecule has 0 radical (unpaired) electrons. The van der Waals surface area contributed by atoms with Crippen LogP contribution < -0.4 is 10.6 Å². The molecule has 0 bridgehead atoms. The summed E-state index contributed by atoms with van der Waals surface area (Å²) in [6.45, 7) is 11.3. The molecule has 9 heteroatoms. The summed E-state index contributed by atoms with van der Waals surface area (Å²) in [7, 11) is 0. The molecule has 0 aliphatic carbocycles. The number of hydrogen-bond acceptors (Lipinski definition) is 6. The number of nitrogens with one attached hydrogen (secondary N) is 2. The van der Waals surface area contributed by atoms with E-state index in [0.717, 1.165) is 5.56 Å². The highest BCUT2D eigenvalue weighted by molar-refractivity contribution is 8.00. The number of likely N-dealkylation sites (N-methyl/N-ethyl adjacent to an activating group) is 1. The molecular weight excluding hydrogens is 430 g/mol. The number of benzene rings is 1. The van der Waals surface area contributed by atoms with Crippen LogP contribution in [0.5, 0.6) is 0 Å². The third-order valence-electron chi connectivity index (χ3n) is 5.06. The predicted molar refractivity (Wildman–Crippen MR) is 125 cm³/mol. The van der Waals surface area contributed by atoms with Crippen LogP contribution in [0.15, 0.2) is 30.3 Å². The van der Waals surface area contributed by atoms with Gasteiger partial charge in [-0.3, -0.25) is 9.59 Å². The van der Waals surface area contributed by atoms with Gasteiger partial charge >= 0.3 is 6.09 Å². The van der Waals surface area contributed by atoms with E-state index >= 15 is 0 Å². The standard InChI is InChI=1S/C23H35N3O5S/c1-7-24-19(28)18-23(5,6)32-14-26(18)20(29)17(27)16(13-15-11-9-8-10-12-15)25-21(30)31-22(2,3)4/h8-12,16-18,27H,7,13-14H2,1-6H3,(H,24,28)(H,25,30)/t16-,17-,18+/m0/s1. The molecule has 32 heavy (non-hydrogen) atoms. The minimum Gasteiger partial charge on any atom is -0.444 e. The van der Waals surface area contributed by atoms with Crippen molar-refractivity contribution in [2.75, 3.05) is 12.4 Å². The van der Waals surface area contributed by atoms with Crippen molar-refractivity contribution in [3.8, 4) is 0 Å². The molecule has 2 rings (SSSR count). The van der Waals surface area contributed by atoms with Crippen molar-refractivity contribution in [1.29, 1.82) is 0 Å². The number of aliphatic hydroxyl groups excluding tert-OH is 1. The third kappa shape index (κ3) is 6.87. The number of amides is 3. The van der Waals surface area contributed by atoms with Gasteiger partial charge in [-0.15, -0.1) is 11.8 Å². The number of hydrogen-bond donors (Lipinski definition) is 3. The Morgan fingerprint density at radius 2 is 1.88 bits per heavy atom. The number of carbonyl (C=O) groups is 3. The molecule has 1 saturated heterocycles. The van der Waals surface area contributed by atoms with Crippen molar-refractivity contribution >= 4 is 29.7 Å². The first-order chi connectivity index (χ1) is 14.9. The summed E-state index contributed by atoms with van der Waals surface area (Å²) in [4.78, 5) is 39.9. The van der Waals surface area contributed by atoms with Crippen LogP contribution in [-0.2, 0) is 20.7 Å². The second-order valence-corrected chi connectivity index (χ2v) is 11.0. The van der Waals surface area contributed by atoms with E-state index in [1.165, 1.54) is 16.7 Å². The van der Waals surface area contributed by atoms with Crippen molar-refractivity contribution in [3.05, 3.63) is 35.9 Å². The van der Waals surface area contributed by atoms with Crippen LogP contribution in [0.4, 0.5) is 4.79 Å². The normalized spacial score (nSPS) is 19.7. The van der Waals surface area contributed by atoms with Gasteiger partial charge in [0.05, 0.1) is 11.9 Å². The van der Waals surface area contributed by atoms with Crippen molar-refractivity contribution in [2.45, 2.75) is 76.5 Å². The molecule has 1 fully saturated rings. The van der Waals surface area contributed by atoms with Crippen LogP contribution in [-0.4, -0.2) is 68.9 Å². The zero-order chi connectivity index (χ0) is 24.1. The molecule has 3 N–H and O–H groups in total. The van der Waals surface area contributed by atoms with Crippen LogP contribution in [0.2, 0.25) is 0 Å². The lowest BCUT2D eigenvalue weighted by molar-refractivity contribution is -0.147. The second-order valence-electron chi connectivity index (χ2n) is 9.37. The third-order valence-corrected chi connectivity index (χ3v) is 6.44. The smallest absolute Gasteiger partial charge is 0.407 e. The Kier molecular flexibility index (Phi) is 8.59. The van der Waals surface area contributed by atoms with Gasteiger partial charge in [-0.25, -0.2) is 4.79 Å². The van der Waals surface area contributed by atoms with Gasteiger partial charge in [0.25, 0.3) is 5.91 Å². The molecule has 3 amide bonds. The summed E-state index contributed by atoms with van der Waals surface area (Å²) >= 11 is 1.47. The molecule has 0 saturated carbocycles. The SMILES string of the molecule is CCNC(=O)[C@H]1N(C(=O)[C@@H](O)[C@H](Cc2ccccc2)NC(=O)OC(C)(C)C)CSC1(C)C. The minimum absolute atomic E-state index is 0.225. The Morgan fingerprint density at radius 3 is 2.44 bits per heavy atom. The zero-order valence-electron chi connectivity index (χ0n) is 19.7. The van der Waals surface area contributed by atoms with Crippen LogP contribution in [0, 0.1) is 0 Å². The summed E-state index contributed by atoms with van der Waals surface area (Å²) in [6.07, 6.45) is -2.04. The molecule has 1 aliphatic heterocycles. The predicted octanol–water partition coefficient (Wildman–Crippen LogP) is 2.30. The van der Waals surface area contributed by atoms with Gasteiger partial charge in [0.1, 0.15) is 11.6 Å². The minimum atomic E-state index is -1.55. The molecule has 0 aromatic heterocycles. The van der Waals surface area contributed by atoms with E-state index in [2.05, 4.69) is 10.6 Å². The topological polar surface area (TPSA) is 108 Å². The Bertz CT molecular complexity index is 810. The van der Waals surface area contributed by atoms with Crippen molar-refractivity contribution in [1.82, 2.24) is 15.5 Å². The van der Waals surface area contributed by atoms with Gasteiger partial charge < -0.3 is 25.4 Å². The van der Waals surface area contributed by atoms with Gasteiger partial charge in [-0.2, -0.15) is 0 Å². The van der Waals surface area contributed by atoms with Crippen LogP contribution in [0.25, 0.3) is 0 Å². The number of rotatable bonds is 7. The van der Waals surface area contributed by atoms with Gasteiger partial charge in [-0.05, 0) is 53.5 Å². The van der Waals surface area contributed by atoms with E-state index < -0.39 is 40.5 Å². The van der Waals surface area contributed by atoms with Crippen molar-refractivity contribution < 1.29 is 24.2 Å². The highest BCUT2D eigenvalue weighted by Gasteiger charge is 2.49. The average Bonchev–Trinajstić information content (AvgIpc) is 3.01. The van der Waals surface area contributed by atoms with Crippen LogP contribution >= 0.6 is 11.8 Å². The fourth-order valence-electron chi connectivity index (χ4n) is 3.59. The van der Waals surface area contributed by atoms with E-state index in [9.17, 15) is 19.5 Å². The fraction of sp³-hybridized carbons (Fsp3) is 0.609. The first-order valence-electron chi connectivity index (χ1n) is 10.8. The summed E-state index contributed by atoms with van der Waals surface area (Å²) in [5.74, 6) is -0.589. The lowest BCUT2D eigenvalue weighted by Crippen LogP contribution is -2.59. The molecule has 178 valence electrons. The van der Waals surface area contributed by atoms with Gasteiger partial charge in [0.2, 0.25) is 5.91 Å². The average molecular weight is 466 g/mol. The van der Waals surface area contributed by atoms with E-state index in [-0.39, 0.29) is 18.2 Å². The Hall–Kier alpha value is -2.26. The molecule has 3 atom stereocenters. The Labute approximate surface area is 194 Å². The molecule has 1 aromatic carbocycles. The molecule has 1 aromatic rings. The second kappa shape index (κ2) is 10.6. The lowest BCUT2D eigenvalue weighted by atomic mass is 9.97. The monoisotopic (exact) mass is 465 g/mol. The largest absolute Gasteiger partial charge is 0.444 e. The Morgan fingerprint density at radius 1 is 1.25 bits per heavy atom. The summed E-state index contributed by atoms with van der Waals surface area (Å²) in [5.41, 5.74) is 0.117. The number of aliphatic hydroxyl groups is 1. The number of alkyl carbamates (subject to hydrolysis) is 1. The number of nitrogens with zero attached hydrogens (tertiary/aromatic N) is 1. The first-order valence-corrected chi connectivity index (χ1v) is 11.8. The highest BCUT2D eigenvalue weighted by Crippen LogP contribution is 2.39. The molecular formula is C23H35N3O5S. The maximum atomic E-state index is 13.3. The molecule has 1 aliphatic rings. The maximum absolute atomic E-state index is 13.3. The summed E-state index contributed by atoms with van der Waals surface area (Å²) in [6, 6.07) is 7.61. The van der Waals surface area contributed by atoms with E-state index in [1.54, 1.807) is 20.8 Å².